The summed E-state index contributed by atoms with van der Waals surface area (Å²) in [6, 6.07) is 2.84. The van der Waals surface area contributed by atoms with Crippen molar-refractivity contribution in [3.63, 3.8) is 0 Å². The number of nitrogens with two attached hydrogens (primary N) is 1. The Kier molecular flexibility index (Phi) is 3.36. The fraction of sp³-hybridized carbons (Fsp3) is 0.250. The summed E-state index contributed by atoms with van der Waals surface area (Å²) in [6.07, 6.45) is -2.76. The van der Waals surface area contributed by atoms with Crippen molar-refractivity contribution < 1.29 is 8.78 Å². The first-order valence-corrected chi connectivity index (χ1v) is 4.75. The quantitative estimate of drug-likeness (QED) is 0.832. The first kappa shape index (κ1) is 10.9. The monoisotopic (exact) mass is 261 g/mol. The second kappa shape index (κ2) is 4.33. The molecule has 0 bridgehead atoms. The van der Waals surface area contributed by atoms with E-state index in [9.17, 15) is 8.78 Å². The third-order valence-corrected chi connectivity index (χ3v) is 2.15. The summed E-state index contributed by atoms with van der Waals surface area (Å²) in [5.74, 6) is 0. The Hall–Kier alpha value is -1.22. The molecule has 0 fully saturated rings. The summed E-state index contributed by atoms with van der Waals surface area (Å²) < 4.78 is 24.8. The summed E-state index contributed by atoms with van der Waals surface area (Å²) in [6.45, 7) is 0. The highest BCUT2D eigenvalue weighted by atomic mass is 79.9. The third-order valence-electron chi connectivity index (χ3n) is 1.62. The largest absolute Gasteiger partial charge is 0.397 e. The van der Waals surface area contributed by atoms with E-state index < -0.39 is 12.1 Å². The number of hydrogen-bond acceptors (Lipinski definition) is 3. The van der Waals surface area contributed by atoms with E-state index in [4.69, 9.17) is 11.0 Å². The van der Waals surface area contributed by atoms with Gasteiger partial charge in [0.2, 0.25) is 0 Å². The van der Waals surface area contributed by atoms with Gasteiger partial charge < -0.3 is 5.73 Å². The lowest BCUT2D eigenvalue weighted by Crippen LogP contribution is -2.03. The average Bonchev–Trinajstić information content (AvgIpc) is 2.16. The smallest absolute Gasteiger partial charge is 0.281 e. The minimum Gasteiger partial charge on any atom is -0.397 e. The van der Waals surface area contributed by atoms with Crippen LogP contribution in [0.5, 0.6) is 0 Å². The maximum Gasteiger partial charge on any atom is 0.281 e. The molecule has 0 aliphatic rings. The molecule has 0 spiro atoms. The molecule has 1 aromatic heterocycles. The van der Waals surface area contributed by atoms with Gasteiger partial charge in [-0.1, -0.05) is 15.9 Å². The van der Waals surface area contributed by atoms with Gasteiger partial charge in [-0.3, -0.25) is 0 Å². The Morgan fingerprint density at radius 3 is 2.71 bits per heavy atom. The predicted molar refractivity (Wildman–Crippen MR) is 51.0 cm³/mol. The van der Waals surface area contributed by atoms with Crippen LogP contribution in [0.15, 0.2) is 6.07 Å². The van der Waals surface area contributed by atoms with Gasteiger partial charge in [-0.25, -0.2) is 13.8 Å². The van der Waals surface area contributed by atoms with Gasteiger partial charge in [-0.15, -0.1) is 0 Å². The number of aromatic nitrogens is 1. The van der Waals surface area contributed by atoms with Gasteiger partial charge in [-0.2, -0.15) is 5.26 Å². The molecule has 0 atom stereocenters. The molecule has 0 saturated heterocycles. The second-order valence-corrected chi connectivity index (χ2v) is 3.06. The first-order chi connectivity index (χ1) is 6.60. The summed E-state index contributed by atoms with van der Waals surface area (Å²) in [4.78, 5) is 3.62. The van der Waals surface area contributed by atoms with Gasteiger partial charge in [0.05, 0.1) is 16.9 Å². The molecule has 0 saturated carbocycles. The highest BCUT2D eigenvalue weighted by Crippen LogP contribution is 2.24. The van der Waals surface area contributed by atoms with Crippen LogP contribution in [0.25, 0.3) is 0 Å². The van der Waals surface area contributed by atoms with E-state index in [0.29, 0.717) is 5.69 Å². The molecule has 0 amide bonds. The molecule has 14 heavy (non-hydrogen) atoms. The number of alkyl halides is 3. The Labute approximate surface area is 87.7 Å². The summed E-state index contributed by atoms with van der Waals surface area (Å²) in [5.41, 5.74) is 5.35. The van der Waals surface area contributed by atoms with E-state index in [1.807, 2.05) is 0 Å². The molecular weight excluding hydrogens is 256 g/mol. The lowest BCUT2D eigenvalue weighted by molar-refractivity contribution is 0.145. The molecule has 1 heterocycles. The molecular formula is C8H6BrF2N3. The minimum absolute atomic E-state index is 0.179. The number of nitrogen functional groups attached to an aromatic ring is 1. The molecule has 1 rings (SSSR count). The van der Waals surface area contributed by atoms with Crippen LogP contribution >= 0.6 is 15.9 Å². The molecule has 0 radical (unpaired) electrons. The van der Waals surface area contributed by atoms with Crippen LogP contribution < -0.4 is 5.73 Å². The van der Waals surface area contributed by atoms with E-state index in [-0.39, 0.29) is 16.6 Å². The third kappa shape index (κ3) is 1.99. The Morgan fingerprint density at radius 2 is 2.29 bits per heavy atom. The standard InChI is InChI=1S/C8H6BrF2N3/c9-2-6-5(13)1-4(3-12)7(14-6)8(10)11/h1,8H,2,13H2. The second-order valence-electron chi connectivity index (χ2n) is 2.50. The van der Waals surface area contributed by atoms with E-state index in [2.05, 4.69) is 20.9 Å². The zero-order chi connectivity index (χ0) is 10.7. The topological polar surface area (TPSA) is 62.7 Å². The SMILES string of the molecule is N#Cc1cc(N)c(CBr)nc1C(F)F. The zero-order valence-corrected chi connectivity index (χ0v) is 8.55. The van der Waals surface area contributed by atoms with Crippen LogP contribution in [0.2, 0.25) is 0 Å². The van der Waals surface area contributed by atoms with E-state index in [1.54, 1.807) is 6.07 Å². The lowest BCUT2D eigenvalue weighted by atomic mass is 10.1. The van der Waals surface area contributed by atoms with Crippen molar-refractivity contribution in [1.29, 1.82) is 5.26 Å². The summed E-state index contributed by atoms with van der Waals surface area (Å²) in [7, 11) is 0. The zero-order valence-electron chi connectivity index (χ0n) is 6.97. The predicted octanol–water partition coefficient (Wildman–Crippen LogP) is 2.37. The molecule has 0 unspecified atom stereocenters. The van der Waals surface area contributed by atoms with Crippen molar-refractivity contribution in [2.75, 3.05) is 5.73 Å². The summed E-state index contributed by atoms with van der Waals surface area (Å²) in [5, 5.41) is 8.85. The Morgan fingerprint density at radius 1 is 1.64 bits per heavy atom. The van der Waals surface area contributed by atoms with E-state index in [0.717, 1.165) is 0 Å². The van der Waals surface area contributed by atoms with Crippen molar-refractivity contribution in [2.45, 2.75) is 11.8 Å². The number of halogens is 3. The van der Waals surface area contributed by atoms with Gasteiger partial charge in [0, 0.05) is 5.33 Å². The number of rotatable bonds is 2. The normalized spacial score (nSPS) is 10.2. The number of pyridine rings is 1. The van der Waals surface area contributed by atoms with Crippen LogP contribution in [0.1, 0.15) is 23.4 Å². The molecule has 0 aliphatic heterocycles. The molecule has 6 heteroatoms. The highest BCUT2D eigenvalue weighted by molar-refractivity contribution is 9.08. The number of nitriles is 1. The van der Waals surface area contributed by atoms with E-state index >= 15 is 0 Å². The molecule has 1 aromatic rings. The lowest BCUT2D eigenvalue weighted by Gasteiger charge is -2.06. The highest BCUT2D eigenvalue weighted by Gasteiger charge is 2.17. The van der Waals surface area contributed by atoms with Gasteiger partial charge >= 0.3 is 0 Å². The van der Waals surface area contributed by atoms with Crippen LogP contribution in [-0.4, -0.2) is 4.98 Å². The van der Waals surface area contributed by atoms with Crippen molar-refractivity contribution in [3.05, 3.63) is 23.0 Å². The number of anilines is 1. The fourth-order valence-electron chi connectivity index (χ4n) is 0.946. The van der Waals surface area contributed by atoms with Crippen molar-refractivity contribution >= 4 is 21.6 Å². The van der Waals surface area contributed by atoms with Crippen LogP contribution in [-0.2, 0) is 5.33 Å². The molecule has 0 aliphatic carbocycles. The van der Waals surface area contributed by atoms with Crippen molar-refractivity contribution in [1.82, 2.24) is 4.98 Å². The summed E-state index contributed by atoms with van der Waals surface area (Å²) >= 11 is 3.07. The Balaban J connectivity index is 3.34. The molecule has 0 aromatic carbocycles. The maximum atomic E-state index is 12.4. The van der Waals surface area contributed by atoms with Gasteiger partial charge in [0.15, 0.2) is 0 Å². The van der Waals surface area contributed by atoms with Crippen LogP contribution in [0, 0.1) is 11.3 Å². The van der Waals surface area contributed by atoms with E-state index in [1.165, 1.54) is 6.07 Å². The Bertz CT molecular complexity index is 387. The molecule has 74 valence electrons. The maximum absolute atomic E-state index is 12.4. The van der Waals surface area contributed by atoms with Crippen molar-refractivity contribution in [2.24, 2.45) is 0 Å². The van der Waals surface area contributed by atoms with Crippen LogP contribution in [0.3, 0.4) is 0 Å². The number of hydrogen-bond donors (Lipinski definition) is 1. The first-order valence-electron chi connectivity index (χ1n) is 3.63. The minimum atomic E-state index is -2.76. The van der Waals surface area contributed by atoms with Gasteiger partial charge in [-0.05, 0) is 6.07 Å². The average molecular weight is 262 g/mol. The molecule has 3 nitrogen and oxygen atoms in total. The number of nitrogens with zero attached hydrogens (tertiary/aromatic N) is 2. The van der Waals surface area contributed by atoms with Crippen LogP contribution in [0.4, 0.5) is 14.5 Å². The van der Waals surface area contributed by atoms with Gasteiger partial charge in [0.1, 0.15) is 11.8 Å². The van der Waals surface area contributed by atoms with Gasteiger partial charge in [0.25, 0.3) is 6.43 Å². The van der Waals surface area contributed by atoms with Crippen molar-refractivity contribution in [3.8, 4) is 6.07 Å². The molecule has 2 N–H and O–H groups in total. The fourth-order valence-corrected chi connectivity index (χ4v) is 1.39.